The van der Waals surface area contributed by atoms with Crippen LogP contribution < -0.4 is 14.4 Å². The van der Waals surface area contributed by atoms with Crippen molar-refractivity contribution >= 4 is 5.91 Å². The molecule has 0 spiro atoms. The van der Waals surface area contributed by atoms with Gasteiger partial charge in [0.15, 0.2) is 0 Å². The lowest BCUT2D eigenvalue weighted by molar-refractivity contribution is -0.928. The van der Waals surface area contributed by atoms with Gasteiger partial charge in [0.2, 0.25) is 0 Å². The predicted molar refractivity (Wildman–Crippen MR) is 88.4 cm³/mol. The van der Waals surface area contributed by atoms with Gasteiger partial charge in [0, 0.05) is 11.6 Å². The first-order valence-corrected chi connectivity index (χ1v) is 8.58. The van der Waals surface area contributed by atoms with Crippen LogP contribution in [0.25, 0.3) is 0 Å². The second kappa shape index (κ2) is 7.21. The highest BCUT2D eigenvalue weighted by Crippen LogP contribution is 2.23. The Morgan fingerprint density at radius 2 is 1.61 bits per heavy atom. The summed E-state index contributed by atoms with van der Waals surface area (Å²) < 4.78 is 10.5. The van der Waals surface area contributed by atoms with Gasteiger partial charge in [-0.2, -0.15) is 0 Å². The van der Waals surface area contributed by atoms with Crippen LogP contribution in [0.4, 0.5) is 0 Å². The fraction of sp³-hybridized carbons (Fsp3) is 0.611. The Balaban J connectivity index is 1.65. The summed E-state index contributed by atoms with van der Waals surface area (Å²) in [6.07, 6.45) is 5.47. The highest BCUT2D eigenvalue weighted by Gasteiger charge is 2.31. The Kier molecular flexibility index (Phi) is 5.06. The van der Waals surface area contributed by atoms with Gasteiger partial charge in [0.25, 0.3) is 5.91 Å². The lowest BCUT2D eigenvalue weighted by atomic mass is 10.1. The van der Waals surface area contributed by atoms with E-state index in [1.54, 1.807) is 37.3 Å². The molecule has 0 aromatic heterocycles. The average molecular weight is 319 g/mol. The van der Waals surface area contributed by atoms with E-state index in [0.717, 1.165) is 32.2 Å². The first-order valence-electron chi connectivity index (χ1n) is 8.58. The van der Waals surface area contributed by atoms with Crippen molar-refractivity contribution in [3.8, 4) is 11.5 Å². The second-order valence-corrected chi connectivity index (χ2v) is 6.53. The molecule has 1 aliphatic carbocycles. The van der Waals surface area contributed by atoms with E-state index in [-0.39, 0.29) is 5.91 Å². The minimum absolute atomic E-state index is 0.0765. The van der Waals surface area contributed by atoms with E-state index in [1.807, 2.05) is 4.90 Å². The molecular weight excluding hydrogens is 292 g/mol. The third-order valence-electron chi connectivity index (χ3n) is 5.22. The number of hydrogen-bond acceptors (Lipinski definition) is 3. The van der Waals surface area contributed by atoms with E-state index in [4.69, 9.17) is 9.47 Å². The minimum atomic E-state index is 0.0765. The molecule has 1 heterocycles. The molecule has 23 heavy (non-hydrogen) atoms. The fourth-order valence-electron chi connectivity index (χ4n) is 3.85. The average Bonchev–Trinajstić information content (AvgIpc) is 3.15. The maximum Gasteiger partial charge on any atom is 0.254 e. The van der Waals surface area contributed by atoms with E-state index in [0.29, 0.717) is 17.1 Å². The number of methoxy groups -OCH3 is 2. The molecule has 1 amide bonds. The Bertz CT molecular complexity index is 525. The van der Waals surface area contributed by atoms with E-state index in [9.17, 15) is 4.79 Å². The molecular formula is C18H27N2O3+. The van der Waals surface area contributed by atoms with Crippen LogP contribution >= 0.6 is 0 Å². The number of ether oxygens (including phenoxy) is 2. The summed E-state index contributed by atoms with van der Waals surface area (Å²) >= 11 is 0. The zero-order chi connectivity index (χ0) is 16.2. The predicted octanol–water partition coefficient (Wildman–Crippen LogP) is 0.987. The maximum atomic E-state index is 12.8. The summed E-state index contributed by atoms with van der Waals surface area (Å²) in [5.41, 5.74) is 0.644. The number of quaternary nitrogens is 1. The van der Waals surface area contributed by atoms with Crippen LogP contribution in [0.3, 0.4) is 0 Å². The van der Waals surface area contributed by atoms with Crippen LogP contribution in [0.15, 0.2) is 18.2 Å². The van der Waals surface area contributed by atoms with Crippen LogP contribution in [-0.4, -0.2) is 57.2 Å². The van der Waals surface area contributed by atoms with Crippen molar-refractivity contribution in [3.05, 3.63) is 23.8 Å². The van der Waals surface area contributed by atoms with Crippen LogP contribution in [0.1, 0.15) is 36.0 Å². The van der Waals surface area contributed by atoms with Crippen molar-refractivity contribution in [1.82, 2.24) is 4.90 Å². The fourth-order valence-corrected chi connectivity index (χ4v) is 3.85. The second-order valence-electron chi connectivity index (χ2n) is 6.53. The van der Waals surface area contributed by atoms with Crippen LogP contribution in [-0.2, 0) is 0 Å². The van der Waals surface area contributed by atoms with Gasteiger partial charge >= 0.3 is 0 Å². The number of benzene rings is 1. The minimum Gasteiger partial charge on any atom is -0.497 e. The smallest absolute Gasteiger partial charge is 0.254 e. The van der Waals surface area contributed by atoms with Gasteiger partial charge in [-0.25, -0.2) is 0 Å². The molecule has 1 aromatic rings. The topological polar surface area (TPSA) is 43.2 Å². The third-order valence-corrected chi connectivity index (χ3v) is 5.22. The summed E-state index contributed by atoms with van der Waals surface area (Å²) in [6.45, 7) is 3.81. The summed E-state index contributed by atoms with van der Waals surface area (Å²) in [5, 5.41) is 0. The molecule has 3 rings (SSSR count). The van der Waals surface area contributed by atoms with E-state index < -0.39 is 0 Å². The molecule has 1 aromatic carbocycles. The van der Waals surface area contributed by atoms with E-state index in [2.05, 4.69) is 0 Å². The molecule has 1 saturated heterocycles. The number of hydrogen-bond donors (Lipinski definition) is 1. The number of carbonyl (C=O) groups excluding carboxylic acids is 1. The van der Waals surface area contributed by atoms with Crippen LogP contribution in [0.5, 0.6) is 11.5 Å². The van der Waals surface area contributed by atoms with Gasteiger partial charge in [-0.3, -0.25) is 4.79 Å². The SMILES string of the molecule is COc1cc(OC)cc(C(=O)N2CC[NH+](C3CCCC3)CC2)c1. The summed E-state index contributed by atoms with van der Waals surface area (Å²) in [6, 6.07) is 6.20. The van der Waals surface area contributed by atoms with Crippen molar-refractivity contribution in [2.45, 2.75) is 31.7 Å². The molecule has 5 heteroatoms. The van der Waals surface area contributed by atoms with E-state index >= 15 is 0 Å². The molecule has 2 fully saturated rings. The van der Waals surface area contributed by atoms with Gasteiger partial charge < -0.3 is 19.3 Å². The van der Waals surface area contributed by atoms with Crippen molar-refractivity contribution in [3.63, 3.8) is 0 Å². The Morgan fingerprint density at radius 1 is 1.04 bits per heavy atom. The highest BCUT2D eigenvalue weighted by atomic mass is 16.5. The molecule has 1 saturated carbocycles. The van der Waals surface area contributed by atoms with Gasteiger partial charge in [0.1, 0.15) is 11.5 Å². The first kappa shape index (κ1) is 16.1. The van der Waals surface area contributed by atoms with Gasteiger partial charge in [-0.1, -0.05) is 0 Å². The Morgan fingerprint density at radius 3 is 2.13 bits per heavy atom. The lowest BCUT2D eigenvalue weighted by Gasteiger charge is -2.35. The van der Waals surface area contributed by atoms with Gasteiger partial charge in [0.05, 0.1) is 46.4 Å². The first-order chi connectivity index (χ1) is 11.2. The third kappa shape index (κ3) is 3.61. The number of nitrogens with one attached hydrogen (secondary N) is 1. The van der Waals surface area contributed by atoms with Crippen molar-refractivity contribution < 1.29 is 19.2 Å². The van der Waals surface area contributed by atoms with Crippen LogP contribution in [0.2, 0.25) is 0 Å². The molecule has 0 unspecified atom stereocenters. The zero-order valence-electron chi connectivity index (χ0n) is 14.1. The van der Waals surface area contributed by atoms with Crippen molar-refractivity contribution in [1.29, 1.82) is 0 Å². The molecule has 2 aliphatic rings. The molecule has 0 radical (unpaired) electrons. The number of carbonyl (C=O) groups is 1. The zero-order valence-corrected chi connectivity index (χ0v) is 14.1. The van der Waals surface area contributed by atoms with Gasteiger partial charge in [-0.15, -0.1) is 0 Å². The van der Waals surface area contributed by atoms with E-state index in [1.165, 1.54) is 25.7 Å². The maximum absolute atomic E-state index is 12.8. The molecule has 1 N–H and O–H groups in total. The lowest BCUT2D eigenvalue weighted by Crippen LogP contribution is -3.18. The molecule has 0 bridgehead atoms. The largest absolute Gasteiger partial charge is 0.497 e. The molecule has 0 atom stereocenters. The monoisotopic (exact) mass is 319 g/mol. The van der Waals surface area contributed by atoms with Crippen molar-refractivity contribution in [2.75, 3.05) is 40.4 Å². The Hall–Kier alpha value is -1.75. The highest BCUT2D eigenvalue weighted by molar-refractivity contribution is 5.95. The molecule has 1 aliphatic heterocycles. The Labute approximate surface area is 138 Å². The summed E-state index contributed by atoms with van der Waals surface area (Å²) in [5.74, 6) is 1.39. The number of piperazine rings is 1. The molecule has 126 valence electrons. The summed E-state index contributed by atoms with van der Waals surface area (Å²) in [7, 11) is 3.21. The molecule has 5 nitrogen and oxygen atoms in total. The normalized spacial score (nSPS) is 19.8. The summed E-state index contributed by atoms with van der Waals surface area (Å²) in [4.78, 5) is 16.4. The van der Waals surface area contributed by atoms with Gasteiger partial charge in [-0.05, 0) is 37.8 Å². The number of rotatable bonds is 4. The van der Waals surface area contributed by atoms with Crippen molar-refractivity contribution in [2.24, 2.45) is 0 Å². The quantitative estimate of drug-likeness (QED) is 0.900. The standard InChI is InChI=1S/C18H26N2O3/c1-22-16-11-14(12-17(13-16)23-2)18(21)20-9-7-19(8-10-20)15-5-3-4-6-15/h11-13,15H,3-10H2,1-2H3/p+1. The number of nitrogens with zero attached hydrogens (tertiary/aromatic N) is 1. The number of amides is 1. The van der Waals surface area contributed by atoms with Crippen LogP contribution in [0, 0.1) is 0 Å².